The minimum atomic E-state index is -0.953. The molecule has 2 aliphatic heterocycles. The second-order valence-electron chi connectivity index (χ2n) is 11.5. The molecule has 2 amide bonds. The molecule has 8 nitrogen and oxygen atoms in total. The largest absolute Gasteiger partial charge is 0.491 e. The van der Waals surface area contributed by atoms with Crippen LogP contribution in [0.3, 0.4) is 0 Å². The van der Waals surface area contributed by atoms with Crippen LogP contribution >= 0.6 is 0 Å². The quantitative estimate of drug-likeness (QED) is 0.498. The van der Waals surface area contributed by atoms with Gasteiger partial charge in [-0.1, -0.05) is 36.4 Å². The number of carbonyl (C=O) groups excluding carboxylic acids is 2. The number of ether oxygens (including phenoxy) is 2. The fourth-order valence-electron chi connectivity index (χ4n) is 5.39. The van der Waals surface area contributed by atoms with Gasteiger partial charge in [0.05, 0.1) is 18.4 Å². The average molecular weight is 537 g/mol. The average Bonchev–Trinajstić information content (AvgIpc) is 3.03. The highest BCUT2D eigenvalue weighted by Crippen LogP contribution is 2.29. The fourth-order valence-corrected chi connectivity index (χ4v) is 5.39. The first kappa shape index (κ1) is 28.5. The van der Waals surface area contributed by atoms with E-state index in [2.05, 4.69) is 12.1 Å². The van der Waals surface area contributed by atoms with Crippen molar-refractivity contribution in [1.82, 2.24) is 9.80 Å². The predicted octanol–water partition coefficient (Wildman–Crippen LogP) is 4.73. The van der Waals surface area contributed by atoms with Crippen LogP contribution in [0.5, 0.6) is 5.75 Å². The maximum absolute atomic E-state index is 13.1. The van der Waals surface area contributed by atoms with Crippen molar-refractivity contribution in [2.75, 3.05) is 26.2 Å². The molecule has 0 saturated carbocycles. The Morgan fingerprint density at radius 3 is 2.44 bits per heavy atom. The molecule has 2 atom stereocenters. The van der Waals surface area contributed by atoms with Gasteiger partial charge >= 0.3 is 12.1 Å². The highest BCUT2D eigenvalue weighted by Gasteiger charge is 2.40. The Bertz CT molecular complexity index is 1160. The number of aliphatic carboxylic acids is 1. The van der Waals surface area contributed by atoms with Crippen LogP contribution in [-0.4, -0.2) is 70.8 Å². The van der Waals surface area contributed by atoms with Crippen molar-refractivity contribution in [3.8, 4) is 5.75 Å². The lowest BCUT2D eigenvalue weighted by Gasteiger charge is -2.26. The van der Waals surface area contributed by atoms with Crippen LogP contribution in [0.1, 0.15) is 56.7 Å². The summed E-state index contributed by atoms with van der Waals surface area (Å²) in [7, 11) is 0. The van der Waals surface area contributed by atoms with E-state index in [1.165, 1.54) is 11.1 Å². The zero-order valence-electron chi connectivity index (χ0n) is 23.2. The summed E-state index contributed by atoms with van der Waals surface area (Å²) in [6.07, 6.45) is 3.15. The molecule has 1 N–H and O–H groups in total. The van der Waals surface area contributed by atoms with Crippen molar-refractivity contribution in [2.24, 2.45) is 5.92 Å². The maximum atomic E-state index is 13.1. The Kier molecular flexibility index (Phi) is 9.15. The molecule has 8 heteroatoms. The lowest BCUT2D eigenvalue weighted by Crippen LogP contribution is -2.38. The molecular weight excluding hydrogens is 496 g/mol. The van der Waals surface area contributed by atoms with Gasteiger partial charge in [-0.3, -0.25) is 9.59 Å². The molecule has 2 aromatic carbocycles. The third kappa shape index (κ3) is 7.97. The molecule has 1 saturated heterocycles. The van der Waals surface area contributed by atoms with Crippen LogP contribution in [0.2, 0.25) is 0 Å². The van der Waals surface area contributed by atoms with Crippen molar-refractivity contribution < 1.29 is 29.0 Å². The van der Waals surface area contributed by atoms with Gasteiger partial charge in [0.1, 0.15) is 18.0 Å². The fraction of sp³-hybridized carbons (Fsp3) is 0.516. The SMILES string of the molecule is CC(C)(C)OC(=O)N1CCc2ccc(OC[C@@H]3C[C@@H](CC(=O)O)C(=O)N3CCCc3ccccc3)cc2CC1. The summed E-state index contributed by atoms with van der Waals surface area (Å²) in [4.78, 5) is 40.6. The van der Waals surface area contributed by atoms with Gasteiger partial charge in [0.15, 0.2) is 0 Å². The van der Waals surface area contributed by atoms with Crippen molar-refractivity contribution in [2.45, 2.75) is 70.9 Å². The van der Waals surface area contributed by atoms with Gasteiger partial charge in [-0.25, -0.2) is 4.79 Å². The van der Waals surface area contributed by atoms with E-state index in [1.54, 1.807) is 4.90 Å². The highest BCUT2D eigenvalue weighted by atomic mass is 16.6. The molecule has 1 fully saturated rings. The number of rotatable bonds is 9. The number of fused-ring (bicyclic) bond motifs is 1. The highest BCUT2D eigenvalue weighted by molar-refractivity contribution is 5.85. The van der Waals surface area contributed by atoms with Gasteiger partial charge in [0, 0.05) is 19.6 Å². The molecule has 2 heterocycles. The van der Waals surface area contributed by atoms with Gasteiger partial charge in [-0.2, -0.15) is 0 Å². The molecule has 39 heavy (non-hydrogen) atoms. The summed E-state index contributed by atoms with van der Waals surface area (Å²) in [6.45, 7) is 7.68. The predicted molar refractivity (Wildman–Crippen MR) is 148 cm³/mol. The number of hydrogen-bond donors (Lipinski definition) is 1. The summed E-state index contributed by atoms with van der Waals surface area (Å²) >= 11 is 0. The molecule has 2 aromatic rings. The Morgan fingerprint density at radius 1 is 1.03 bits per heavy atom. The van der Waals surface area contributed by atoms with E-state index in [1.807, 2.05) is 62.1 Å². The molecule has 2 aliphatic rings. The van der Waals surface area contributed by atoms with E-state index >= 15 is 0 Å². The molecule has 210 valence electrons. The number of carboxylic acid groups (broad SMARTS) is 1. The Balaban J connectivity index is 1.36. The first-order chi connectivity index (χ1) is 18.6. The summed E-state index contributed by atoms with van der Waals surface area (Å²) in [5, 5.41) is 9.31. The van der Waals surface area contributed by atoms with E-state index < -0.39 is 17.5 Å². The maximum Gasteiger partial charge on any atom is 0.410 e. The molecule has 0 aromatic heterocycles. The number of aryl methyl sites for hydroxylation is 1. The molecular formula is C31H40N2O6. The normalized spacial score (nSPS) is 19.4. The Morgan fingerprint density at radius 2 is 1.74 bits per heavy atom. The number of hydrogen-bond acceptors (Lipinski definition) is 5. The van der Waals surface area contributed by atoms with Gasteiger partial charge < -0.3 is 24.4 Å². The van der Waals surface area contributed by atoms with Crippen molar-refractivity contribution in [3.63, 3.8) is 0 Å². The molecule has 0 spiro atoms. The third-order valence-corrected chi connectivity index (χ3v) is 7.33. The van der Waals surface area contributed by atoms with E-state index in [0.29, 0.717) is 39.1 Å². The summed E-state index contributed by atoms with van der Waals surface area (Å²) in [5.74, 6) is -0.842. The Labute approximate surface area is 230 Å². The van der Waals surface area contributed by atoms with Crippen LogP contribution < -0.4 is 4.74 Å². The van der Waals surface area contributed by atoms with E-state index in [4.69, 9.17) is 9.47 Å². The first-order valence-electron chi connectivity index (χ1n) is 13.9. The van der Waals surface area contributed by atoms with E-state index in [0.717, 1.165) is 30.6 Å². The molecule has 4 rings (SSSR count). The van der Waals surface area contributed by atoms with E-state index in [-0.39, 0.29) is 24.5 Å². The number of amides is 2. The number of likely N-dealkylation sites (tertiary alicyclic amines) is 1. The third-order valence-electron chi connectivity index (χ3n) is 7.33. The second kappa shape index (κ2) is 12.5. The molecule has 0 aliphatic carbocycles. The summed E-state index contributed by atoms with van der Waals surface area (Å²) < 4.78 is 11.7. The van der Waals surface area contributed by atoms with E-state index in [9.17, 15) is 19.5 Å². The number of benzene rings is 2. The van der Waals surface area contributed by atoms with Crippen molar-refractivity contribution in [3.05, 3.63) is 65.2 Å². The number of carbonyl (C=O) groups is 3. The molecule has 0 bridgehead atoms. The monoisotopic (exact) mass is 536 g/mol. The van der Waals surface area contributed by atoms with Crippen LogP contribution in [0.25, 0.3) is 0 Å². The van der Waals surface area contributed by atoms with Crippen molar-refractivity contribution >= 4 is 18.0 Å². The van der Waals surface area contributed by atoms with Crippen LogP contribution in [-0.2, 0) is 33.6 Å². The summed E-state index contributed by atoms with van der Waals surface area (Å²) in [6, 6.07) is 16.0. The van der Waals surface area contributed by atoms with Gasteiger partial charge in [0.25, 0.3) is 0 Å². The van der Waals surface area contributed by atoms with Gasteiger partial charge in [0.2, 0.25) is 5.91 Å². The second-order valence-corrected chi connectivity index (χ2v) is 11.5. The van der Waals surface area contributed by atoms with Gasteiger partial charge in [-0.05, 0) is 81.7 Å². The number of nitrogens with zero attached hydrogens (tertiary/aromatic N) is 2. The van der Waals surface area contributed by atoms with Gasteiger partial charge in [-0.15, -0.1) is 0 Å². The van der Waals surface area contributed by atoms with Crippen LogP contribution in [0.15, 0.2) is 48.5 Å². The molecule has 0 radical (unpaired) electrons. The van der Waals surface area contributed by atoms with Crippen LogP contribution in [0, 0.1) is 5.92 Å². The topological polar surface area (TPSA) is 96.4 Å². The minimum Gasteiger partial charge on any atom is -0.491 e. The smallest absolute Gasteiger partial charge is 0.410 e. The first-order valence-corrected chi connectivity index (χ1v) is 13.9. The van der Waals surface area contributed by atoms with Crippen LogP contribution in [0.4, 0.5) is 4.79 Å². The Hall–Kier alpha value is -3.55. The number of carboxylic acids is 1. The lowest BCUT2D eigenvalue weighted by atomic mass is 10.0. The minimum absolute atomic E-state index is 0.0942. The molecule has 0 unspecified atom stereocenters. The zero-order valence-corrected chi connectivity index (χ0v) is 23.2. The standard InChI is InChI=1S/C31H40N2O6/c1-31(2,3)39-30(37)32-16-13-23-11-12-27(19-24(23)14-17-32)38-21-26-18-25(20-28(34)35)29(36)33(26)15-7-10-22-8-5-4-6-9-22/h4-6,8-9,11-12,19,25-26H,7,10,13-18,20-21H2,1-3H3,(H,34,35)/t25-,26-/m0/s1. The zero-order chi connectivity index (χ0) is 28.0. The lowest BCUT2D eigenvalue weighted by molar-refractivity contribution is -0.142. The summed E-state index contributed by atoms with van der Waals surface area (Å²) in [5.41, 5.74) is 3.02. The van der Waals surface area contributed by atoms with Crippen molar-refractivity contribution in [1.29, 1.82) is 0 Å².